The summed E-state index contributed by atoms with van der Waals surface area (Å²) in [5, 5.41) is 3.26. The molecule has 19 heavy (non-hydrogen) atoms. The molecule has 0 aliphatic rings. The molecule has 0 saturated heterocycles. The zero-order valence-corrected chi connectivity index (χ0v) is 11.1. The van der Waals surface area contributed by atoms with Crippen molar-refractivity contribution in [2.75, 3.05) is 22.5 Å². The van der Waals surface area contributed by atoms with Gasteiger partial charge in [-0.2, -0.15) is 0 Å². The van der Waals surface area contributed by atoms with Crippen LogP contribution in [0.2, 0.25) is 0 Å². The molecule has 0 unspecified atom stereocenters. The molecule has 0 aromatic heterocycles. The van der Waals surface area contributed by atoms with Crippen LogP contribution in [0.3, 0.4) is 0 Å². The van der Waals surface area contributed by atoms with Crippen molar-refractivity contribution in [1.82, 2.24) is 0 Å². The number of rotatable bonds is 4. The first-order valence-corrected chi connectivity index (χ1v) is 6.40. The van der Waals surface area contributed by atoms with E-state index >= 15 is 0 Å². The number of nitrogens with one attached hydrogen (secondary N) is 1. The summed E-state index contributed by atoms with van der Waals surface area (Å²) in [5.41, 5.74) is 22.6. The second kappa shape index (κ2) is 5.52. The molecule has 0 atom stereocenters. The molecule has 0 amide bonds. The second-order valence-electron chi connectivity index (χ2n) is 4.68. The molecular weight excluding hydrogens is 236 g/mol. The molecule has 7 N–H and O–H groups in total. The van der Waals surface area contributed by atoms with E-state index in [9.17, 15) is 0 Å². The van der Waals surface area contributed by atoms with Gasteiger partial charge in [-0.15, -0.1) is 0 Å². The molecule has 2 aromatic rings. The van der Waals surface area contributed by atoms with Crippen molar-refractivity contribution in [2.45, 2.75) is 19.8 Å². The maximum absolute atomic E-state index is 6.03. The van der Waals surface area contributed by atoms with Crippen LogP contribution in [0.25, 0.3) is 0 Å². The number of benzene rings is 2. The van der Waals surface area contributed by atoms with E-state index in [2.05, 4.69) is 18.3 Å². The lowest BCUT2D eigenvalue weighted by molar-refractivity contribution is 0.924. The smallest absolute Gasteiger partial charge is 0.0425 e. The van der Waals surface area contributed by atoms with E-state index in [4.69, 9.17) is 17.2 Å². The predicted octanol–water partition coefficient (Wildman–Crippen LogP) is 3.13. The largest absolute Gasteiger partial charge is 0.399 e. The maximum Gasteiger partial charge on any atom is 0.0425 e. The zero-order valence-electron chi connectivity index (χ0n) is 11.1. The Morgan fingerprint density at radius 3 is 2.16 bits per heavy atom. The first-order chi connectivity index (χ1) is 9.08. The highest BCUT2D eigenvalue weighted by Gasteiger charge is 2.02. The van der Waals surface area contributed by atoms with Crippen molar-refractivity contribution in [3.05, 3.63) is 42.0 Å². The first kappa shape index (κ1) is 13.1. The van der Waals surface area contributed by atoms with Gasteiger partial charge in [0.25, 0.3) is 0 Å². The Morgan fingerprint density at radius 2 is 1.58 bits per heavy atom. The van der Waals surface area contributed by atoms with Gasteiger partial charge in [-0.1, -0.05) is 19.4 Å². The van der Waals surface area contributed by atoms with Crippen LogP contribution in [0, 0.1) is 0 Å². The molecule has 0 saturated carbocycles. The summed E-state index contributed by atoms with van der Waals surface area (Å²) in [6.07, 6.45) is 2.08. The number of anilines is 5. The molecule has 100 valence electrons. The standard InChI is InChI=1S/C15H20N4/c1-2-3-10-4-5-13(9-15(10)18)19-14-7-11(16)6-12(17)8-14/h4-9,19H,2-3,16-18H2,1H3. The Labute approximate surface area is 113 Å². The monoisotopic (exact) mass is 256 g/mol. The van der Waals surface area contributed by atoms with Crippen LogP contribution in [-0.4, -0.2) is 0 Å². The Kier molecular flexibility index (Phi) is 3.80. The SMILES string of the molecule is CCCc1ccc(Nc2cc(N)cc(N)c2)cc1N. The lowest BCUT2D eigenvalue weighted by Crippen LogP contribution is -1.98. The minimum atomic E-state index is 0.637. The summed E-state index contributed by atoms with van der Waals surface area (Å²) in [4.78, 5) is 0. The minimum Gasteiger partial charge on any atom is -0.399 e. The quantitative estimate of drug-likeness (QED) is 0.633. The molecule has 4 heteroatoms. The summed E-state index contributed by atoms with van der Waals surface area (Å²) >= 11 is 0. The molecule has 2 aromatic carbocycles. The predicted molar refractivity (Wildman–Crippen MR) is 83.4 cm³/mol. The molecule has 0 aliphatic heterocycles. The normalized spacial score (nSPS) is 10.4. The highest BCUT2D eigenvalue weighted by Crippen LogP contribution is 2.25. The summed E-state index contributed by atoms with van der Waals surface area (Å²) in [5.74, 6) is 0. The van der Waals surface area contributed by atoms with Crippen molar-refractivity contribution >= 4 is 28.4 Å². The fourth-order valence-corrected chi connectivity index (χ4v) is 2.09. The molecule has 2 rings (SSSR count). The van der Waals surface area contributed by atoms with E-state index in [-0.39, 0.29) is 0 Å². The number of aryl methyl sites for hydroxylation is 1. The minimum absolute atomic E-state index is 0.637. The van der Waals surface area contributed by atoms with Crippen LogP contribution in [0.15, 0.2) is 36.4 Å². The summed E-state index contributed by atoms with van der Waals surface area (Å²) < 4.78 is 0. The lowest BCUT2D eigenvalue weighted by Gasteiger charge is -2.11. The molecule has 4 nitrogen and oxygen atoms in total. The molecule has 0 heterocycles. The third-order valence-electron chi connectivity index (χ3n) is 2.93. The van der Waals surface area contributed by atoms with Gasteiger partial charge in [0, 0.05) is 28.4 Å². The fraction of sp³-hybridized carbons (Fsp3) is 0.200. The van der Waals surface area contributed by atoms with Gasteiger partial charge in [0.2, 0.25) is 0 Å². The van der Waals surface area contributed by atoms with Crippen LogP contribution in [0.1, 0.15) is 18.9 Å². The van der Waals surface area contributed by atoms with E-state index in [1.165, 1.54) is 5.56 Å². The van der Waals surface area contributed by atoms with Crippen LogP contribution in [0.4, 0.5) is 28.4 Å². The molecule has 0 radical (unpaired) electrons. The van der Waals surface area contributed by atoms with Gasteiger partial charge in [0.15, 0.2) is 0 Å². The number of hydrogen-bond donors (Lipinski definition) is 4. The molecule has 0 aliphatic carbocycles. The molecule has 0 spiro atoms. The third kappa shape index (κ3) is 3.31. The lowest BCUT2D eigenvalue weighted by atomic mass is 10.1. The Balaban J connectivity index is 2.21. The number of nitrogen functional groups attached to an aromatic ring is 3. The van der Waals surface area contributed by atoms with Crippen LogP contribution in [0.5, 0.6) is 0 Å². The number of hydrogen-bond acceptors (Lipinski definition) is 4. The van der Waals surface area contributed by atoms with Gasteiger partial charge in [-0.25, -0.2) is 0 Å². The number of nitrogens with two attached hydrogens (primary N) is 3. The summed E-state index contributed by atoms with van der Waals surface area (Å²) in [7, 11) is 0. The van der Waals surface area contributed by atoms with E-state index in [1.807, 2.05) is 24.3 Å². The van der Waals surface area contributed by atoms with Gasteiger partial charge >= 0.3 is 0 Å². The Morgan fingerprint density at radius 1 is 0.895 bits per heavy atom. The van der Waals surface area contributed by atoms with Crippen molar-refractivity contribution in [1.29, 1.82) is 0 Å². The van der Waals surface area contributed by atoms with E-state index in [1.54, 1.807) is 6.07 Å². The molecular formula is C15H20N4. The van der Waals surface area contributed by atoms with E-state index in [0.29, 0.717) is 11.4 Å². The Bertz CT molecular complexity index is 558. The summed E-state index contributed by atoms with van der Waals surface area (Å²) in [6, 6.07) is 11.4. The molecule has 0 bridgehead atoms. The van der Waals surface area contributed by atoms with Crippen molar-refractivity contribution in [3.63, 3.8) is 0 Å². The highest BCUT2D eigenvalue weighted by molar-refractivity contribution is 5.71. The van der Waals surface area contributed by atoms with E-state index < -0.39 is 0 Å². The van der Waals surface area contributed by atoms with Crippen molar-refractivity contribution in [2.24, 2.45) is 0 Å². The van der Waals surface area contributed by atoms with Crippen LogP contribution >= 0.6 is 0 Å². The van der Waals surface area contributed by atoms with Gasteiger partial charge in [-0.3, -0.25) is 0 Å². The fourth-order valence-electron chi connectivity index (χ4n) is 2.09. The average molecular weight is 256 g/mol. The van der Waals surface area contributed by atoms with Gasteiger partial charge in [-0.05, 0) is 42.3 Å². The second-order valence-corrected chi connectivity index (χ2v) is 4.68. The zero-order chi connectivity index (χ0) is 13.8. The van der Waals surface area contributed by atoms with Gasteiger partial charge in [0.1, 0.15) is 0 Å². The van der Waals surface area contributed by atoms with Crippen molar-refractivity contribution in [3.8, 4) is 0 Å². The van der Waals surface area contributed by atoms with E-state index in [0.717, 1.165) is 29.9 Å². The van der Waals surface area contributed by atoms with Gasteiger partial charge in [0.05, 0.1) is 0 Å². The maximum atomic E-state index is 6.03. The van der Waals surface area contributed by atoms with Gasteiger partial charge < -0.3 is 22.5 Å². The third-order valence-corrected chi connectivity index (χ3v) is 2.93. The highest BCUT2D eigenvalue weighted by atomic mass is 14.9. The molecule has 0 fully saturated rings. The average Bonchev–Trinajstić information content (AvgIpc) is 2.31. The van der Waals surface area contributed by atoms with Crippen molar-refractivity contribution < 1.29 is 0 Å². The topological polar surface area (TPSA) is 90.1 Å². The van der Waals surface area contributed by atoms with Crippen LogP contribution < -0.4 is 22.5 Å². The summed E-state index contributed by atoms with van der Waals surface area (Å²) in [6.45, 7) is 2.14. The Hall–Kier alpha value is -2.36. The van der Waals surface area contributed by atoms with Crippen LogP contribution in [-0.2, 0) is 6.42 Å². The first-order valence-electron chi connectivity index (χ1n) is 6.40.